The number of rotatable bonds is 4. The van der Waals surface area contributed by atoms with Crippen molar-refractivity contribution in [2.24, 2.45) is 0 Å². The molecule has 0 aliphatic heterocycles. The third kappa shape index (κ3) is 2.33. The molecular formula is C17H19N3O. The summed E-state index contributed by atoms with van der Waals surface area (Å²) in [4.78, 5) is 4.45. The van der Waals surface area contributed by atoms with Gasteiger partial charge in [-0.1, -0.05) is 31.5 Å². The van der Waals surface area contributed by atoms with Gasteiger partial charge in [-0.3, -0.25) is 4.57 Å². The van der Waals surface area contributed by atoms with Crippen LogP contribution in [0.15, 0.2) is 42.5 Å². The quantitative estimate of drug-likeness (QED) is 0.795. The average Bonchev–Trinajstić information content (AvgIpc) is 2.83. The average molecular weight is 281 g/mol. The summed E-state index contributed by atoms with van der Waals surface area (Å²) in [6.07, 6.45) is 2.10. The fourth-order valence-corrected chi connectivity index (χ4v) is 2.66. The second kappa shape index (κ2) is 5.48. The number of benzene rings is 2. The Labute approximate surface area is 124 Å². The molecule has 4 heteroatoms. The maximum absolute atomic E-state index is 6.15. The minimum Gasteiger partial charge on any atom is -0.497 e. The zero-order valence-electron chi connectivity index (χ0n) is 12.3. The Kier molecular flexibility index (Phi) is 3.52. The molecule has 2 aromatic carbocycles. The fourth-order valence-electron chi connectivity index (χ4n) is 2.66. The van der Waals surface area contributed by atoms with E-state index in [0.29, 0.717) is 5.95 Å². The standard InChI is InChI=1S/C17H19N3O/c1-3-6-12-7-4-5-8-15(12)20-16-11-13(21-2)9-10-14(16)19-17(20)18/h4-5,7-11H,3,6H2,1-2H3,(H2,18,19). The number of hydrogen-bond donors (Lipinski definition) is 1. The lowest BCUT2D eigenvalue weighted by Crippen LogP contribution is -2.04. The van der Waals surface area contributed by atoms with Crippen molar-refractivity contribution in [3.63, 3.8) is 0 Å². The summed E-state index contributed by atoms with van der Waals surface area (Å²) in [7, 11) is 1.66. The van der Waals surface area contributed by atoms with Gasteiger partial charge >= 0.3 is 0 Å². The molecule has 1 aromatic heterocycles. The van der Waals surface area contributed by atoms with Crippen LogP contribution in [0.5, 0.6) is 5.75 Å². The van der Waals surface area contributed by atoms with Crippen LogP contribution in [-0.4, -0.2) is 16.7 Å². The molecule has 0 saturated heterocycles. The smallest absolute Gasteiger partial charge is 0.205 e. The summed E-state index contributed by atoms with van der Waals surface area (Å²) in [5, 5.41) is 0. The predicted molar refractivity (Wildman–Crippen MR) is 86.0 cm³/mol. The molecule has 4 nitrogen and oxygen atoms in total. The van der Waals surface area contributed by atoms with Crippen molar-refractivity contribution in [3.05, 3.63) is 48.0 Å². The topological polar surface area (TPSA) is 53.1 Å². The van der Waals surface area contributed by atoms with Crippen molar-refractivity contribution < 1.29 is 4.74 Å². The van der Waals surface area contributed by atoms with Crippen molar-refractivity contribution in [2.45, 2.75) is 19.8 Å². The number of imidazole rings is 1. The van der Waals surface area contributed by atoms with Crippen molar-refractivity contribution in [1.82, 2.24) is 9.55 Å². The van der Waals surface area contributed by atoms with Gasteiger partial charge in [-0.2, -0.15) is 0 Å². The number of para-hydroxylation sites is 1. The monoisotopic (exact) mass is 281 g/mol. The molecule has 0 radical (unpaired) electrons. The first-order chi connectivity index (χ1) is 10.2. The van der Waals surface area contributed by atoms with Gasteiger partial charge in [0, 0.05) is 6.07 Å². The minimum absolute atomic E-state index is 0.502. The number of nitrogen functional groups attached to an aromatic ring is 1. The molecule has 0 spiro atoms. The second-order valence-electron chi connectivity index (χ2n) is 5.04. The number of nitrogens with zero attached hydrogens (tertiary/aromatic N) is 2. The van der Waals surface area contributed by atoms with Gasteiger partial charge in [0.25, 0.3) is 0 Å². The second-order valence-corrected chi connectivity index (χ2v) is 5.04. The number of fused-ring (bicyclic) bond motifs is 1. The molecule has 3 aromatic rings. The van der Waals surface area contributed by atoms with Crippen LogP contribution < -0.4 is 10.5 Å². The van der Waals surface area contributed by atoms with Crippen LogP contribution in [0.2, 0.25) is 0 Å². The number of methoxy groups -OCH3 is 1. The molecule has 0 atom stereocenters. The SMILES string of the molecule is CCCc1ccccc1-n1c(N)nc2ccc(OC)cc21. The first-order valence-corrected chi connectivity index (χ1v) is 7.15. The highest BCUT2D eigenvalue weighted by Gasteiger charge is 2.13. The van der Waals surface area contributed by atoms with Gasteiger partial charge < -0.3 is 10.5 Å². The third-order valence-corrected chi connectivity index (χ3v) is 3.64. The van der Waals surface area contributed by atoms with Crippen LogP contribution >= 0.6 is 0 Å². The number of ether oxygens (including phenoxy) is 1. The van der Waals surface area contributed by atoms with Crippen LogP contribution in [-0.2, 0) is 6.42 Å². The molecule has 0 unspecified atom stereocenters. The lowest BCUT2D eigenvalue weighted by atomic mass is 10.1. The molecule has 0 fully saturated rings. The Balaban J connectivity index is 2.26. The zero-order valence-corrected chi connectivity index (χ0v) is 12.3. The van der Waals surface area contributed by atoms with Gasteiger partial charge in [0.15, 0.2) is 0 Å². The van der Waals surface area contributed by atoms with E-state index in [0.717, 1.165) is 35.3 Å². The van der Waals surface area contributed by atoms with Gasteiger partial charge in [-0.05, 0) is 30.2 Å². The van der Waals surface area contributed by atoms with E-state index in [-0.39, 0.29) is 0 Å². The number of aromatic nitrogens is 2. The Morgan fingerprint density at radius 2 is 2.00 bits per heavy atom. The highest BCUT2D eigenvalue weighted by Crippen LogP contribution is 2.28. The van der Waals surface area contributed by atoms with E-state index < -0.39 is 0 Å². The van der Waals surface area contributed by atoms with E-state index >= 15 is 0 Å². The normalized spacial score (nSPS) is 11.0. The molecule has 1 heterocycles. The van der Waals surface area contributed by atoms with E-state index in [1.54, 1.807) is 7.11 Å². The summed E-state index contributed by atoms with van der Waals surface area (Å²) in [6, 6.07) is 14.1. The maximum Gasteiger partial charge on any atom is 0.205 e. The summed E-state index contributed by atoms with van der Waals surface area (Å²) in [5.74, 6) is 1.30. The molecule has 0 saturated carbocycles. The maximum atomic E-state index is 6.15. The number of aryl methyl sites for hydroxylation is 1. The van der Waals surface area contributed by atoms with Gasteiger partial charge in [-0.15, -0.1) is 0 Å². The molecule has 2 N–H and O–H groups in total. The van der Waals surface area contributed by atoms with E-state index in [1.807, 2.05) is 28.8 Å². The number of nitrogens with two attached hydrogens (primary N) is 1. The lowest BCUT2D eigenvalue weighted by molar-refractivity contribution is 0.415. The first kappa shape index (κ1) is 13.5. The summed E-state index contributed by atoms with van der Waals surface area (Å²) in [6.45, 7) is 2.18. The van der Waals surface area contributed by atoms with Crippen LogP contribution in [0, 0.1) is 0 Å². The Morgan fingerprint density at radius 3 is 2.76 bits per heavy atom. The van der Waals surface area contributed by atoms with Gasteiger partial charge in [0.1, 0.15) is 5.75 Å². The molecular weight excluding hydrogens is 262 g/mol. The van der Waals surface area contributed by atoms with Crippen molar-refractivity contribution in [1.29, 1.82) is 0 Å². The first-order valence-electron chi connectivity index (χ1n) is 7.15. The van der Waals surface area contributed by atoms with E-state index in [9.17, 15) is 0 Å². The lowest BCUT2D eigenvalue weighted by Gasteiger charge is -2.12. The van der Waals surface area contributed by atoms with Crippen LogP contribution in [0.3, 0.4) is 0 Å². The fraction of sp³-hybridized carbons (Fsp3) is 0.235. The molecule has 21 heavy (non-hydrogen) atoms. The van der Waals surface area contributed by atoms with Crippen molar-refractivity contribution in [2.75, 3.05) is 12.8 Å². The molecule has 0 aliphatic rings. The molecule has 0 aliphatic carbocycles. The minimum atomic E-state index is 0.502. The van der Waals surface area contributed by atoms with Gasteiger partial charge in [0.05, 0.1) is 23.8 Å². The highest BCUT2D eigenvalue weighted by atomic mass is 16.5. The van der Waals surface area contributed by atoms with Crippen LogP contribution in [0.25, 0.3) is 16.7 Å². The van der Waals surface area contributed by atoms with Crippen molar-refractivity contribution in [3.8, 4) is 11.4 Å². The highest BCUT2D eigenvalue weighted by molar-refractivity contribution is 5.82. The Bertz CT molecular complexity index is 777. The largest absolute Gasteiger partial charge is 0.497 e. The summed E-state index contributed by atoms with van der Waals surface area (Å²) >= 11 is 0. The van der Waals surface area contributed by atoms with Gasteiger partial charge in [0.2, 0.25) is 5.95 Å². The van der Waals surface area contributed by atoms with Gasteiger partial charge in [-0.25, -0.2) is 4.98 Å². The zero-order chi connectivity index (χ0) is 14.8. The van der Waals surface area contributed by atoms with Crippen LogP contribution in [0.1, 0.15) is 18.9 Å². The van der Waals surface area contributed by atoms with Crippen LogP contribution in [0.4, 0.5) is 5.95 Å². The van der Waals surface area contributed by atoms with E-state index in [1.165, 1.54) is 5.56 Å². The summed E-state index contributed by atoms with van der Waals surface area (Å²) < 4.78 is 7.32. The Hall–Kier alpha value is -2.49. The summed E-state index contributed by atoms with van der Waals surface area (Å²) in [5.41, 5.74) is 10.4. The molecule has 108 valence electrons. The molecule has 0 amide bonds. The number of hydrogen-bond acceptors (Lipinski definition) is 3. The van der Waals surface area contributed by atoms with E-state index in [4.69, 9.17) is 10.5 Å². The molecule has 3 rings (SSSR count). The Morgan fingerprint density at radius 1 is 1.19 bits per heavy atom. The van der Waals surface area contributed by atoms with E-state index in [2.05, 4.69) is 30.1 Å². The number of anilines is 1. The van der Waals surface area contributed by atoms with Crippen molar-refractivity contribution >= 4 is 17.0 Å². The molecule has 0 bridgehead atoms. The predicted octanol–water partition coefficient (Wildman–Crippen LogP) is 3.57. The third-order valence-electron chi connectivity index (χ3n) is 3.64.